The Hall–Kier alpha value is -4.15. The number of aromatic nitrogens is 8. The second-order valence-electron chi connectivity index (χ2n) is 13.7. The Balaban J connectivity index is 1.26. The maximum absolute atomic E-state index is 16.8. The van der Waals surface area contributed by atoms with Crippen LogP contribution >= 0.6 is 36.4 Å². The van der Waals surface area contributed by atoms with Gasteiger partial charge in [-0.15, -0.1) is 0 Å². The van der Waals surface area contributed by atoms with Gasteiger partial charge in [0.05, 0.1) is 38.1 Å². The Kier molecular flexibility index (Phi) is 13.5. The molecule has 10 atom stereocenters. The van der Waals surface area contributed by atoms with E-state index in [1.54, 1.807) is 27.7 Å². The van der Waals surface area contributed by atoms with Crippen molar-refractivity contribution in [3.63, 3.8) is 0 Å². The third-order valence-electron chi connectivity index (χ3n) is 8.70. The number of carbonyl (C=O) groups excluding carboxylic acids is 2. The number of carbonyl (C=O) groups is 2. The highest BCUT2D eigenvalue weighted by Crippen LogP contribution is 2.66. The molecule has 0 amide bonds. The molecule has 6 N–H and O–H groups in total. The Morgan fingerprint density at radius 1 is 0.869 bits per heavy atom. The fourth-order valence-corrected chi connectivity index (χ4v) is 11.7. The monoisotopic (exact) mass is 940 g/mol. The maximum atomic E-state index is 16.8. The number of hydrogen-bond donors (Lipinski definition) is 4. The van der Waals surface area contributed by atoms with E-state index in [2.05, 4.69) is 29.9 Å². The number of fused-ring (bicyclic) bond motifs is 5. The summed E-state index contributed by atoms with van der Waals surface area (Å²) >= 11 is 0.650. The molecule has 4 aromatic rings. The van der Waals surface area contributed by atoms with E-state index in [9.17, 15) is 28.6 Å². The normalized spacial score (nSPS) is 30.8. The van der Waals surface area contributed by atoms with Crippen LogP contribution in [0.25, 0.3) is 22.3 Å². The number of imidazole rings is 2. The molecule has 3 aliphatic rings. The molecule has 3 fully saturated rings. The second-order valence-corrected chi connectivity index (χ2v) is 21.6. The van der Waals surface area contributed by atoms with Gasteiger partial charge in [0.2, 0.25) is 5.95 Å². The first-order valence-corrected chi connectivity index (χ1v) is 24.3. The van der Waals surface area contributed by atoms with Gasteiger partial charge in [0, 0.05) is 22.8 Å². The molecule has 7 heterocycles. The number of nitrogens with two attached hydrogens (primary N) is 2. The molecular weight excluding hydrogens is 901 g/mol. The van der Waals surface area contributed by atoms with E-state index in [-0.39, 0.29) is 34.1 Å². The number of aliphatic hydroxyl groups is 1. The standard InChI is InChI=1S/C30H39FN10O16P2S2/c1-12(2)52-29(44)48-10-60-58(46)50-5-14-19(42)21(27(54-14)41-9-37-18-24(41)38-28(33)39-25(18)43)57-59(47,61-11-49-30(45)53-13(3)4)51-6-15-20(56-58)16(31)26(55-15)40-8-36-17-22(32)34-7-35-23(17)40/h7-9,12-16,19-21,26-27,42H,5-6,10-11H2,1-4H3,(H2,32,34,35)(H3,33,38,39,43). The van der Waals surface area contributed by atoms with Gasteiger partial charge in [-0.05, 0) is 27.7 Å². The number of rotatable bonds is 10. The maximum Gasteiger partial charge on any atom is 0.509 e. The number of nitrogens with zero attached hydrogens (tertiary/aromatic N) is 7. The highest BCUT2D eigenvalue weighted by molar-refractivity contribution is 8.55. The summed E-state index contributed by atoms with van der Waals surface area (Å²) in [6.07, 6.45) is -13.8. The number of nitrogens with one attached hydrogen (secondary N) is 1. The Morgan fingerprint density at radius 3 is 2.05 bits per heavy atom. The number of aromatic amines is 1. The van der Waals surface area contributed by atoms with Gasteiger partial charge in [0.25, 0.3) is 5.56 Å². The van der Waals surface area contributed by atoms with Gasteiger partial charge >= 0.3 is 25.9 Å². The van der Waals surface area contributed by atoms with E-state index in [4.69, 9.17) is 58.0 Å². The average Bonchev–Trinajstić information content (AvgIpc) is 3.94. The molecule has 2 bridgehead atoms. The van der Waals surface area contributed by atoms with Crippen LogP contribution in [0.4, 0.5) is 25.7 Å². The molecule has 0 aliphatic carbocycles. The Labute approximate surface area is 350 Å². The van der Waals surface area contributed by atoms with Gasteiger partial charge in [-0.25, -0.2) is 43.0 Å². The molecule has 31 heteroatoms. The lowest BCUT2D eigenvalue weighted by molar-refractivity contribution is -0.0569. The van der Waals surface area contributed by atoms with Crippen LogP contribution in [0, 0.1) is 0 Å². The zero-order valence-electron chi connectivity index (χ0n) is 32.3. The molecule has 0 aromatic carbocycles. The summed E-state index contributed by atoms with van der Waals surface area (Å²) < 4.78 is 104. The zero-order chi connectivity index (χ0) is 43.8. The van der Waals surface area contributed by atoms with Crippen LogP contribution in [-0.4, -0.2) is 130 Å². The number of hydrogen-bond acceptors (Lipinski definition) is 25. The van der Waals surface area contributed by atoms with Crippen LogP contribution in [0.1, 0.15) is 40.2 Å². The zero-order valence-corrected chi connectivity index (χ0v) is 35.7. The van der Waals surface area contributed by atoms with Gasteiger partial charge in [0.15, 0.2) is 53.1 Å². The first-order chi connectivity index (χ1) is 28.9. The molecule has 26 nitrogen and oxygen atoms in total. The number of anilines is 2. The molecule has 3 saturated heterocycles. The molecular formula is C30H39FN10O16P2S2. The molecule has 7 rings (SSSR count). The largest absolute Gasteiger partial charge is 0.509 e. The van der Waals surface area contributed by atoms with Crippen LogP contribution in [0.2, 0.25) is 0 Å². The number of H-pyrrole nitrogens is 1. The SMILES string of the molecule is CC(C)OC(=O)OCSP1(=O)OCC2OC(n3cnc4c(=O)[nH]c(N)nc43)C(OP(=O)(SCOC(=O)OC(C)C)OCC3OC(n4cnc5c(N)ncnc54)C(F)C3O1)C2O. The van der Waals surface area contributed by atoms with E-state index in [1.807, 2.05) is 0 Å². The van der Waals surface area contributed by atoms with Crippen molar-refractivity contribution in [1.82, 2.24) is 39.0 Å². The lowest BCUT2D eigenvalue weighted by Crippen LogP contribution is -2.35. The summed E-state index contributed by atoms with van der Waals surface area (Å²) in [5.41, 5.74) is 10.8. The van der Waals surface area contributed by atoms with Crippen molar-refractivity contribution in [1.29, 1.82) is 0 Å². The smallest absolute Gasteiger partial charge is 0.432 e. The summed E-state index contributed by atoms with van der Waals surface area (Å²) in [6, 6.07) is 0. The number of halogens is 1. The first kappa shape index (κ1) is 44.9. The minimum Gasteiger partial charge on any atom is -0.432 e. The minimum absolute atomic E-state index is 0.0220. The van der Waals surface area contributed by atoms with E-state index < -0.39 is 118 Å². The summed E-state index contributed by atoms with van der Waals surface area (Å²) in [4.78, 5) is 59.8. The van der Waals surface area contributed by atoms with Gasteiger partial charge in [-0.2, -0.15) is 4.98 Å². The second kappa shape index (κ2) is 18.3. The predicted octanol–water partition coefficient (Wildman–Crippen LogP) is 3.16. The van der Waals surface area contributed by atoms with Crippen LogP contribution in [0.5, 0.6) is 0 Å². The highest BCUT2D eigenvalue weighted by Gasteiger charge is 2.55. The van der Waals surface area contributed by atoms with Crippen molar-refractivity contribution in [2.75, 3.05) is 36.6 Å². The van der Waals surface area contributed by atoms with Crippen molar-refractivity contribution in [3.8, 4) is 0 Å². The first-order valence-electron chi connectivity index (χ1n) is 18.0. The Bertz CT molecular complexity index is 2410. The molecule has 0 saturated carbocycles. The number of nitrogen functional groups attached to an aromatic ring is 2. The third-order valence-corrected chi connectivity index (χ3v) is 15.4. The topological polar surface area (TPSA) is 340 Å². The van der Waals surface area contributed by atoms with E-state index in [0.29, 0.717) is 22.8 Å². The number of ether oxygens (including phenoxy) is 6. The van der Waals surface area contributed by atoms with Gasteiger partial charge in [0.1, 0.15) is 42.4 Å². The van der Waals surface area contributed by atoms with E-state index >= 15 is 4.39 Å². The molecule has 3 aliphatic heterocycles. The molecule has 0 radical (unpaired) electrons. The minimum atomic E-state index is -4.74. The lowest BCUT2D eigenvalue weighted by Gasteiger charge is -2.28. The van der Waals surface area contributed by atoms with Gasteiger partial charge in [-0.3, -0.25) is 37.0 Å². The van der Waals surface area contributed by atoms with Gasteiger partial charge in [-0.1, -0.05) is 0 Å². The van der Waals surface area contributed by atoms with E-state index in [0.717, 1.165) is 17.2 Å². The van der Waals surface area contributed by atoms with Crippen molar-refractivity contribution in [3.05, 3.63) is 29.3 Å². The van der Waals surface area contributed by atoms with Crippen LogP contribution in [-0.2, 0) is 55.6 Å². The molecule has 10 unspecified atom stereocenters. The van der Waals surface area contributed by atoms with Crippen LogP contribution in [0.3, 0.4) is 0 Å². The fraction of sp³-hybridized carbons (Fsp3) is 0.600. The van der Waals surface area contributed by atoms with Crippen LogP contribution < -0.4 is 17.0 Å². The summed E-state index contributed by atoms with van der Waals surface area (Å²) in [5.74, 6) is -1.72. The van der Waals surface area contributed by atoms with E-state index in [1.165, 1.54) is 10.9 Å². The van der Waals surface area contributed by atoms with Crippen molar-refractivity contribution in [2.24, 2.45) is 0 Å². The van der Waals surface area contributed by atoms with Crippen molar-refractivity contribution >= 4 is 82.8 Å². The lowest BCUT2D eigenvalue weighted by atomic mass is 10.1. The average molecular weight is 941 g/mol. The van der Waals surface area contributed by atoms with Crippen molar-refractivity contribution in [2.45, 2.75) is 89.1 Å². The van der Waals surface area contributed by atoms with Gasteiger partial charge < -0.3 is 45.0 Å². The molecule has 61 heavy (non-hydrogen) atoms. The molecule has 4 aromatic heterocycles. The third kappa shape index (κ3) is 9.91. The summed E-state index contributed by atoms with van der Waals surface area (Å²) in [6.45, 7) is -4.82. The number of alkyl halides is 1. The number of aliphatic hydroxyl groups excluding tert-OH is 1. The van der Waals surface area contributed by atoms with Crippen LogP contribution in [0.15, 0.2) is 23.8 Å². The summed E-state index contributed by atoms with van der Waals surface area (Å²) in [7, 11) is 0. The summed E-state index contributed by atoms with van der Waals surface area (Å²) in [5, 5.41) is 11.7. The fourth-order valence-electron chi connectivity index (χ4n) is 6.11. The molecule has 0 spiro atoms. The van der Waals surface area contributed by atoms with Crippen molar-refractivity contribution < 1.29 is 74.7 Å². The predicted molar refractivity (Wildman–Crippen MR) is 208 cm³/mol. The quantitative estimate of drug-likeness (QED) is 0.101. The Morgan fingerprint density at radius 2 is 1.43 bits per heavy atom. The highest BCUT2D eigenvalue weighted by atomic mass is 32.7. The molecule has 334 valence electrons.